The van der Waals surface area contributed by atoms with Crippen LogP contribution in [0.25, 0.3) is 0 Å². The number of nitrogens with one attached hydrogen (secondary N) is 1. The molecule has 11 unspecified atom stereocenters. The van der Waals surface area contributed by atoms with Crippen LogP contribution in [-0.2, 0) is 18.9 Å². The van der Waals surface area contributed by atoms with Crippen LogP contribution in [0.1, 0.15) is 6.42 Å². The number of hydrogen-bond donors (Lipinski definition) is 9. The average molecular weight is 431 g/mol. The van der Waals surface area contributed by atoms with Crippen molar-refractivity contribution in [3.63, 3.8) is 0 Å². The molecule has 2 aliphatic heterocycles. The molecule has 29 heavy (non-hydrogen) atoms. The first-order chi connectivity index (χ1) is 13.7. The monoisotopic (exact) mass is 431 g/mol. The van der Waals surface area contributed by atoms with Crippen molar-refractivity contribution >= 4 is 0 Å². The SMILES string of the molecule is [O-][NH+](O)CCCOC1OC(CO)C(OC2OC(CO)C(O)C(O)C2O)C(O)C1O. The highest BCUT2D eigenvalue weighted by atomic mass is 16.8. The van der Waals surface area contributed by atoms with E-state index in [9.17, 15) is 41.0 Å². The second kappa shape index (κ2) is 11.2. The molecule has 0 aromatic carbocycles. The molecule has 2 rings (SSSR count). The zero-order valence-electron chi connectivity index (χ0n) is 15.4. The van der Waals surface area contributed by atoms with Gasteiger partial charge < -0.3 is 59.9 Å². The molecule has 0 aliphatic carbocycles. The van der Waals surface area contributed by atoms with Crippen LogP contribution >= 0.6 is 0 Å². The lowest BCUT2D eigenvalue weighted by Gasteiger charge is -2.45. The van der Waals surface area contributed by atoms with Gasteiger partial charge in [0.1, 0.15) is 55.4 Å². The summed E-state index contributed by atoms with van der Waals surface area (Å²) in [4.78, 5) is 0. The number of ether oxygens (including phenoxy) is 4. The largest absolute Gasteiger partial charge is 0.600 e. The standard InChI is InChI=1S/C15H29NO13/c17-4-6-8(19)9(20)11(22)15(27-6)29-13-7(5-18)28-14(12(23)10(13)21)26-3-1-2-16(24)25/h6-24H,1-5H2. The summed E-state index contributed by atoms with van der Waals surface area (Å²) in [6, 6.07) is 0. The van der Waals surface area contributed by atoms with Gasteiger partial charge in [-0.25, -0.2) is 10.4 Å². The van der Waals surface area contributed by atoms with Crippen molar-refractivity contribution < 1.29 is 65.1 Å². The third kappa shape index (κ3) is 5.99. The first-order valence-corrected chi connectivity index (χ1v) is 9.13. The molecule has 0 aromatic heterocycles. The van der Waals surface area contributed by atoms with Crippen LogP contribution in [0.5, 0.6) is 0 Å². The Morgan fingerprint density at radius 2 is 1.38 bits per heavy atom. The molecule has 2 saturated heterocycles. The molecular weight excluding hydrogens is 402 g/mol. The van der Waals surface area contributed by atoms with Gasteiger partial charge in [0.2, 0.25) is 0 Å². The first kappa shape index (κ1) is 24.7. The smallest absolute Gasteiger partial charge is 0.187 e. The predicted octanol–water partition coefficient (Wildman–Crippen LogP) is -6.21. The Labute approximate surface area is 165 Å². The van der Waals surface area contributed by atoms with E-state index >= 15 is 0 Å². The molecule has 2 aliphatic rings. The molecule has 14 heteroatoms. The fourth-order valence-electron chi connectivity index (χ4n) is 3.12. The number of hydrogen-bond acceptors (Lipinski definition) is 13. The van der Waals surface area contributed by atoms with E-state index in [-0.39, 0.29) is 19.6 Å². The van der Waals surface area contributed by atoms with E-state index < -0.39 is 79.9 Å². The van der Waals surface area contributed by atoms with Crippen LogP contribution in [-0.4, -0.2) is 129 Å². The van der Waals surface area contributed by atoms with Gasteiger partial charge in [0, 0.05) is 6.42 Å². The molecule has 2 fully saturated rings. The summed E-state index contributed by atoms with van der Waals surface area (Å²) in [5.41, 5.74) is 0. The van der Waals surface area contributed by atoms with Gasteiger partial charge in [-0.15, -0.1) is 0 Å². The van der Waals surface area contributed by atoms with E-state index in [1.165, 1.54) is 0 Å². The second-order valence-electron chi connectivity index (χ2n) is 6.87. The summed E-state index contributed by atoms with van der Waals surface area (Å²) < 4.78 is 21.2. The van der Waals surface area contributed by atoms with E-state index in [1.807, 2.05) is 0 Å². The molecule has 9 N–H and O–H groups in total. The molecule has 2 heterocycles. The Hall–Kier alpha value is -0.560. The molecule has 0 saturated carbocycles. The Bertz CT molecular complexity index is 481. The van der Waals surface area contributed by atoms with Crippen LogP contribution < -0.4 is 5.23 Å². The topological polar surface area (TPSA) is 226 Å². The van der Waals surface area contributed by atoms with E-state index in [0.717, 1.165) is 0 Å². The number of aliphatic hydroxyl groups is 7. The van der Waals surface area contributed by atoms with Crippen molar-refractivity contribution in [2.24, 2.45) is 0 Å². The van der Waals surface area contributed by atoms with Crippen LogP contribution in [0.15, 0.2) is 0 Å². The fraction of sp³-hybridized carbons (Fsp3) is 1.00. The zero-order chi connectivity index (χ0) is 21.7. The minimum Gasteiger partial charge on any atom is -0.600 e. The van der Waals surface area contributed by atoms with Crippen LogP contribution in [0.3, 0.4) is 0 Å². The molecule has 0 bridgehead atoms. The summed E-state index contributed by atoms with van der Waals surface area (Å²) in [6.07, 6.45) is -15.1. The normalized spacial score (nSPS) is 44.6. The van der Waals surface area contributed by atoms with E-state index in [2.05, 4.69) is 0 Å². The summed E-state index contributed by atoms with van der Waals surface area (Å²) in [6.45, 7) is -1.62. The lowest BCUT2D eigenvalue weighted by molar-refractivity contribution is -1.05. The lowest BCUT2D eigenvalue weighted by Crippen LogP contribution is -3.04. The fourth-order valence-corrected chi connectivity index (χ4v) is 3.12. The maximum absolute atomic E-state index is 10.5. The minimum absolute atomic E-state index is 0.0862. The van der Waals surface area contributed by atoms with Crippen molar-refractivity contribution in [3.8, 4) is 0 Å². The van der Waals surface area contributed by atoms with E-state index in [4.69, 9.17) is 24.2 Å². The molecule has 172 valence electrons. The molecular formula is C15H29NO13. The third-order valence-corrected chi connectivity index (χ3v) is 4.78. The number of rotatable bonds is 9. The zero-order valence-corrected chi connectivity index (χ0v) is 15.4. The predicted molar refractivity (Wildman–Crippen MR) is 88.0 cm³/mol. The molecule has 11 atom stereocenters. The quantitative estimate of drug-likeness (QED) is 0.122. The second-order valence-corrected chi connectivity index (χ2v) is 6.87. The Balaban J connectivity index is 2.00. The number of hydroxylamine groups is 2. The van der Waals surface area contributed by atoms with Gasteiger partial charge in [-0.05, 0) is 0 Å². The summed E-state index contributed by atoms with van der Waals surface area (Å²) in [5.74, 6) is 0. The summed E-state index contributed by atoms with van der Waals surface area (Å²) in [7, 11) is 0. The maximum Gasteiger partial charge on any atom is 0.187 e. The Morgan fingerprint density at radius 1 is 0.793 bits per heavy atom. The highest BCUT2D eigenvalue weighted by molar-refractivity contribution is 4.94. The van der Waals surface area contributed by atoms with Crippen molar-refractivity contribution in [1.29, 1.82) is 0 Å². The van der Waals surface area contributed by atoms with E-state index in [1.54, 1.807) is 0 Å². The van der Waals surface area contributed by atoms with Crippen LogP contribution in [0, 0.1) is 5.21 Å². The molecule has 0 aromatic rings. The van der Waals surface area contributed by atoms with Crippen LogP contribution in [0.4, 0.5) is 0 Å². The van der Waals surface area contributed by atoms with Gasteiger partial charge in [0.25, 0.3) is 0 Å². The number of aliphatic hydroxyl groups excluding tert-OH is 7. The van der Waals surface area contributed by atoms with Crippen molar-refractivity contribution in [1.82, 2.24) is 0 Å². The van der Waals surface area contributed by atoms with Gasteiger partial charge in [-0.3, -0.25) is 0 Å². The van der Waals surface area contributed by atoms with Gasteiger partial charge >= 0.3 is 0 Å². The van der Waals surface area contributed by atoms with Gasteiger partial charge in [0.15, 0.2) is 12.6 Å². The van der Waals surface area contributed by atoms with Gasteiger partial charge in [-0.1, -0.05) is 0 Å². The highest BCUT2D eigenvalue weighted by Crippen LogP contribution is 2.29. The molecule has 0 spiro atoms. The van der Waals surface area contributed by atoms with Crippen molar-refractivity contribution in [3.05, 3.63) is 5.21 Å². The maximum atomic E-state index is 10.5. The van der Waals surface area contributed by atoms with Crippen molar-refractivity contribution in [2.75, 3.05) is 26.4 Å². The molecule has 0 radical (unpaired) electrons. The Morgan fingerprint density at radius 3 is 1.97 bits per heavy atom. The Kier molecular flexibility index (Phi) is 9.52. The molecule has 0 amide bonds. The van der Waals surface area contributed by atoms with E-state index in [0.29, 0.717) is 0 Å². The average Bonchev–Trinajstić information content (AvgIpc) is 2.69. The summed E-state index contributed by atoms with van der Waals surface area (Å²) >= 11 is 0. The number of quaternary nitrogens is 1. The third-order valence-electron chi connectivity index (χ3n) is 4.78. The van der Waals surface area contributed by atoms with Crippen LogP contribution in [0.2, 0.25) is 0 Å². The minimum atomic E-state index is -1.75. The van der Waals surface area contributed by atoms with Crippen molar-refractivity contribution in [2.45, 2.75) is 67.8 Å². The highest BCUT2D eigenvalue weighted by Gasteiger charge is 2.50. The summed E-state index contributed by atoms with van der Waals surface area (Å²) in [5, 5.41) is 87.1. The van der Waals surface area contributed by atoms with Gasteiger partial charge in [-0.2, -0.15) is 0 Å². The van der Waals surface area contributed by atoms with Gasteiger partial charge in [0.05, 0.1) is 19.8 Å². The lowest BCUT2D eigenvalue weighted by atomic mass is 9.97. The first-order valence-electron chi connectivity index (χ1n) is 9.13. The molecule has 14 nitrogen and oxygen atoms in total.